The number of aromatic amines is 1. The summed E-state index contributed by atoms with van der Waals surface area (Å²) in [5.41, 5.74) is 2.83. The number of alkyl halides is 3. The van der Waals surface area contributed by atoms with Gasteiger partial charge < -0.3 is 9.64 Å². The van der Waals surface area contributed by atoms with Gasteiger partial charge in [0.05, 0.1) is 35.1 Å². The minimum atomic E-state index is -4.55. The largest absolute Gasteiger partial charge is 0.450 e. The van der Waals surface area contributed by atoms with Gasteiger partial charge in [0, 0.05) is 47.5 Å². The molecule has 1 fully saturated rings. The molecule has 1 aliphatic rings. The number of halogens is 3. The van der Waals surface area contributed by atoms with Crippen LogP contribution in [0.5, 0.6) is 0 Å². The Morgan fingerprint density at radius 3 is 2.61 bits per heavy atom. The molecule has 3 atom stereocenters. The molecule has 12 heteroatoms. The maximum Gasteiger partial charge on any atom is 0.418 e. The van der Waals surface area contributed by atoms with Crippen LogP contribution in [0.3, 0.4) is 0 Å². The van der Waals surface area contributed by atoms with Crippen molar-refractivity contribution in [2.75, 3.05) is 6.61 Å². The topological polar surface area (TPSA) is 101 Å². The lowest BCUT2D eigenvalue weighted by molar-refractivity contribution is -0.136. The van der Waals surface area contributed by atoms with Gasteiger partial charge in [0.25, 0.3) is 0 Å². The summed E-state index contributed by atoms with van der Waals surface area (Å²) in [5.74, 6) is -0.0746. The lowest BCUT2D eigenvalue weighted by Gasteiger charge is -2.28. The Morgan fingerprint density at radius 2 is 1.90 bits per heavy atom. The van der Waals surface area contributed by atoms with Crippen LogP contribution in [0.15, 0.2) is 55.1 Å². The number of H-pyrrole nitrogens is 1. The Balaban J connectivity index is 1.58. The summed E-state index contributed by atoms with van der Waals surface area (Å²) in [6, 6.07) is 7.82. The number of pyridine rings is 1. The van der Waals surface area contributed by atoms with Crippen LogP contribution in [0.4, 0.5) is 18.0 Å². The molecule has 6 rings (SSSR count). The number of nitrogens with zero attached hydrogens (tertiary/aromatic N) is 6. The fourth-order valence-corrected chi connectivity index (χ4v) is 6.07. The maximum atomic E-state index is 13.8. The maximum absolute atomic E-state index is 13.8. The molecule has 1 saturated heterocycles. The van der Waals surface area contributed by atoms with Crippen LogP contribution in [0.1, 0.15) is 50.8 Å². The van der Waals surface area contributed by atoms with Crippen LogP contribution in [0.25, 0.3) is 38.9 Å². The van der Waals surface area contributed by atoms with Crippen LogP contribution in [-0.2, 0) is 10.9 Å². The van der Waals surface area contributed by atoms with E-state index in [4.69, 9.17) is 9.84 Å². The second-order valence-electron chi connectivity index (χ2n) is 10.1. The van der Waals surface area contributed by atoms with Gasteiger partial charge in [-0.05, 0) is 56.5 Å². The van der Waals surface area contributed by atoms with Crippen LogP contribution < -0.4 is 0 Å². The van der Waals surface area contributed by atoms with E-state index in [2.05, 4.69) is 20.2 Å². The molecule has 1 aliphatic heterocycles. The molecule has 3 unspecified atom stereocenters. The summed E-state index contributed by atoms with van der Waals surface area (Å²) in [7, 11) is 0. The average Bonchev–Trinajstić information content (AvgIpc) is 3.68. The van der Waals surface area contributed by atoms with Gasteiger partial charge in [0.1, 0.15) is 5.69 Å². The van der Waals surface area contributed by atoms with Crippen molar-refractivity contribution >= 4 is 22.6 Å². The molecular weight excluding hydrogens is 535 g/mol. The van der Waals surface area contributed by atoms with Gasteiger partial charge in [0.2, 0.25) is 0 Å². The quantitative estimate of drug-likeness (QED) is 0.263. The highest BCUT2D eigenvalue weighted by Gasteiger charge is 2.43. The molecule has 5 heterocycles. The summed E-state index contributed by atoms with van der Waals surface area (Å²) in [4.78, 5) is 23.5. The van der Waals surface area contributed by atoms with E-state index < -0.39 is 11.7 Å². The first-order valence-electron chi connectivity index (χ1n) is 13.5. The number of nitrogens with one attached hydrogen (secondary N) is 1. The summed E-state index contributed by atoms with van der Waals surface area (Å²) in [5, 5.41) is 11.8. The first-order chi connectivity index (χ1) is 19.7. The zero-order valence-electron chi connectivity index (χ0n) is 22.7. The Bertz CT molecular complexity index is 1730. The SMILES string of the molecule is CCOC(=O)N1C(CC)CC(c2ccnc3c(-c4ccc(C(F)(F)F)c5[nH]ncc45)c(-c4ccncc4)nn23)C1C. The van der Waals surface area contributed by atoms with Gasteiger partial charge in [0.15, 0.2) is 5.65 Å². The molecule has 0 radical (unpaired) electrons. The summed E-state index contributed by atoms with van der Waals surface area (Å²) < 4.78 is 48.5. The molecular formula is C29H28F3N7O2. The third-order valence-corrected chi connectivity index (χ3v) is 7.96. The summed E-state index contributed by atoms with van der Waals surface area (Å²) in [6.07, 6.45) is 2.94. The van der Waals surface area contributed by atoms with Gasteiger partial charge in [-0.15, -0.1) is 0 Å². The second kappa shape index (κ2) is 10.2. The number of aromatic nitrogens is 6. The number of ether oxygens (including phenoxy) is 1. The van der Waals surface area contributed by atoms with Crippen molar-refractivity contribution in [2.45, 2.75) is 57.8 Å². The number of rotatable bonds is 5. The van der Waals surface area contributed by atoms with Crippen molar-refractivity contribution in [1.82, 2.24) is 34.7 Å². The molecule has 212 valence electrons. The highest BCUT2D eigenvalue weighted by molar-refractivity contribution is 6.03. The molecule has 41 heavy (non-hydrogen) atoms. The van der Waals surface area contributed by atoms with Crippen LogP contribution in [0.2, 0.25) is 0 Å². The number of hydrogen-bond donors (Lipinski definition) is 1. The molecule has 9 nitrogen and oxygen atoms in total. The third-order valence-electron chi connectivity index (χ3n) is 7.96. The lowest BCUT2D eigenvalue weighted by Crippen LogP contribution is -2.41. The third kappa shape index (κ3) is 4.37. The van der Waals surface area contributed by atoms with Crippen LogP contribution in [-0.4, -0.2) is 59.5 Å². The molecule has 0 saturated carbocycles. The number of amides is 1. The van der Waals surface area contributed by atoms with E-state index in [1.165, 1.54) is 12.3 Å². The van der Waals surface area contributed by atoms with Gasteiger partial charge in [-0.25, -0.2) is 14.3 Å². The number of benzene rings is 1. The fourth-order valence-electron chi connectivity index (χ4n) is 6.07. The minimum absolute atomic E-state index is 0.00701. The molecule has 5 aromatic rings. The van der Waals surface area contributed by atoms with Crippen molar-refractivity contribution in [2.24, 2.45) is 0 Å². The number of likely N-dealkylation sites (tertiary alicyclic amines) is 1. The van der Waals surface area contributed by atoms with E-state index in [9.17, 15) is 18.0 Å². The van der Waals surface area contributed by atoms with E-state index in [0.29, 0.717) is 34.3 Å². The first kappa shape index (κ1) is 26.7. The fraction of sp³-hybridized carbons (Fsp3) is 0.345. The number of fused-ring (bicyclic) bond motifs is 2. The molecule has 0 aliphatic carbocycles. The van der Waals surface area contributed by atoms with E-state index >= 15 is 0 Å². The minimum Gasteiger partial charge on any atom is -0.450 e. The highest BCUT2D eigenvalue weighted by atomic mass is 19.4. The monoisotopic (exact) mass is 563 g/mol. The van der Waals surface area contributed by atoms with Crippen LogP contribution in [0, 0.1) is 0 Å². The first-order valence-corrected chi connectivity index (χ1v) is 13.5. The predicted molar refractivity (Wildman–Crippen MR) is 146 cm³/mol. The second-order valence-corrected chi connectivity index (χ2v) is 10.1. The molecule has 1 aromatic carbocycles. The zero-order chi connectivity index (χ0) is 28.9. The van der Waals surface area contributed by atoms with E-state index in [1.54, 1.807) is 47.1 Å². The van der Waals surface area contributed by atoms with E-state index in [-0.39, 0.29) is 36.2 Å². The number of carbonyl (C=O) groups is 1. The number of carbonyl (C=O) groups excluding carboxylic acids is 1. The smallest absolute Gasteiger partial charge is 0.418 e. The molecule has 1 amide bonds. The van der Waals surface area contributed by atoms with Crippen LogP contribution >= 0.6 is 0 Å². The van der Waals surface area contributed by atoms with Gasteiger partial charge >= 0.3 is 12.3 Å². The van der Waals surface area contributed by atoms with Gasteiger partial charge in [-0.1, -0.05) is 13.0 Å². The molecule has 1 N–H and O–H groups in total. The van der Waals surface area contributed by atoms with Crippen molar-refractivity contribution < 1.29 is 22.7 Å². The summed E-state index contributed by atoms with van der Waals surface area (Å²) >= 11 is 0. The Morgan fingerprint density at radius 1 is 1.12 bits per heavy atom. The molecule has 4 aromatic heterocycles. The van der Waals surface area contributed by atoms with E-state index in [1.807, 2.05) is 19.9 Å². The molecule has 0 bridgehead atoms. The lowest BCUT2D eigenvalue weighted by atomic mass is 9.95. The standard InChI is InChI=1S/C29H28F3N7O2/c1-4-18-14-20(16(3)38(18)28(40)41-5-2)23-10-13-34-27-24(25(37-39(23)27)17-8-11-33-12-9-17)19-6-7-22(29(30,31)32)26-21(19)15-35-36-26/h6-13,15-16,18,20H,4-5,14H2,1-3H3,(H,35,36). The summed E-state index contributed by atoms with van der Waals surface area (Å²) in [6.45, 7) is 6.12. The number of hydrogen-bond acceptors (Lipinski definition) is 6. The van der Waals surface area contributed by atoms with E-state index in [0.717, 1.165) is 23.7 Å². The predicted octanol–water partition coefficient (Wildman–Crippen LogP) is 6.47. The normalized spacial score (nSPS) is 19.4. The van der Waals surface area contributed by atoms with Gasteiger partial charge in [-0.3, -0.25) is 10.1 Å². The zero-order valence-corrected chi connectivity index (χ0v) is 22.7. The van der Waals surface area contributed by atoms with Crippen molar-refractivity contribution in [1.29, 1.82) is 0 Å². The van der Waals surface area contributed by atoms with Crippen molar-refractivity contribution in [3.8, 4) is 22.4 Å². The van der Waals surface area contributed by atoms with Crippen molar-refractivity contribution in [3.05, 3.63) is 66.4 Å². The van der Waals surface area contributed by atoms with Crippen molar-refractivity contribution in [3.63, 3.8) is 0 Å². The molecule has 0 spiro atoms. The Labute approximate surface area is 233 Å². The Kier molecular flexibility index (Phi) is 6.63. The van der Waals surface area contributed by atoms with Gasteiger partial charge in [-0.2, -0.15) is 23.4 Å². The Hall–Kier alpha value is -4.48. The average molecular weight is 564 g/mol. The highest BCUT2D eigenvalue weighted by Crippen LogP contribution is 2.44.